The molecule has 1 aromatic heterocycles. The van der Waals surface area contributed by atoms with Gasteiger partial charge in [0, 0.05) is 31.6 Å². The fourth-order valence-corrected chi connectivity index (χ4v) is 5.26. The minimum atomic E-state index is -0.286. The predicted octanol–water partition coefficient (Wildman–Crippen LogP) is 4.91. The molecule has 4 rings (SSSR count). The highest BCUT2D eigenvalue weighted by atomic mass is 32.1. The van der Waals surface area contributed by atoms with Gasteiger partial charge >= 0.3 is 5.97 Å². The molecule has 1 aliphatic rings. The van der Waals surface area contributed by atoms with Crippen LogP contribution in [0.4, 0.5) is 4.39 Å². The normalized spacial score (nSPS) is 15.6. The molecule has 0 N–H and O–H groups in total. The zero-order valence-electron chi connectivity index (χ0n) is 21.2. The lowest BCUT2D eigenvalue weighted by Crippen LogP contribution is -2.43. The van der Waals surface area contributed by atoms with Gasteiger partial charge in [-0.3, -0.25) is 14.5 Å². The maximum Gasteiger partial charge on any atom is 0.310 e. The monoisotopic (exact) mass is 525 g/mol. The van der Waals surface area contributed by atoms with Crippen LogP contribution in [-0.2, 0) is 29.2 Å². The Kier molecular flexibility index (Phi) is 9.24. The van der Waals surface area contributed by atoms with Crippen LogP contribution < -0.4 is 4.74 Å². The highest BCUT2D eigenvalue weighted by Gasteiger charge is 2.30. The summed E-state index contributed by atoms with van der Waals surface area (Å²) in [7, 11) is 1.64. The topological polar surface area (TPSA) is 72.0 Å². The van der Waals surface area contributed by atoms with Crippen LogP contribution in [0.2, 0.25) is 0 Å². The van der Waals surface area contributed by atoms with Crippen molar-refractivity contribution in [2.24, 2.45) is 5.92 Å². The van der Waals surface area contributed by atoms with Crippen LogP contribution in [0.25, 0.3) is 0 Å². The summed E-state index contributed by atoms with van der Waals surface area (Å²) in [5.41, 5.74) is 2.49. The fourth-order valence-electron chi connectivity index (χ4n) is 4.45. The maximum atomic E-state index is 13.4. The molecule has 37 heavy (non-hydrogen) atoms. The molecule has 0 bridgehead atoms. The Hall–Kier alpha value is -3.30. The molecule has 1 aliphatic heterocycles. The maximum absolute atomic E-state index is 13.4. The summed E-state index contributed by atoms with van der Waals surface area (Å²) in [5, 5.41) is 2.60. The molecular formula is C28H32FN3O4S. The highest BCUT2D eigenvalue weighted by Crippen LogP contribution is 2.23. The lowest BCUT2D eigenvalue weighted by molar-refractivity contribution is -0.149. The number of piperidine rings is 1. The average Bonchev–Trinajstić information content (AvgIpc) is 3.38. The molecule has 7 nitrogen and oxygen atoms in total. The number of nitrogens with zero attached hydrogens (tertiary/aromatic N) is 3. The third-order valence-corrected chi connectivity index (χ3v) is 7.18. The predicted molar refractivity (Wildman–Crippen MR) is 140 cm³/mol. The number of hydrogen-bond donors (Lipinski definition) is 0. The summed E-state index contributed by atoms with van der Waals surface area (Å²) in [6.45, 7) is 4.87. The average molecular weight is 526 g/mol. The summed E-state index contributed by atoms with van der Waals surface area (Å²) in [6, 6.07) is 14.4. The van der Waals surface area contributed by atoms with Gasteiger partial charge in [-0.1, -0.05) is 24.3 Å². The number of esters is 1. The second kappa shape index (κ2) is 12.8. The molecule has 1 unspecified atom stereocenters. The lowest BCUT2D eigenvalue weighted by atomic mass is 9.98. The largest absolute Gasteiger partial charge is 0.497 e. The first-order valence-corrected chi connectivity index (χ1v) is 13.3. The van der Waals surface area contributed by atoms with Crippen LogP contribution in [-0.4, -0.2) is 53.5 Å². The van der Waals surface area contributed by atoms with Gasteiger partial charge in [0.1, 0.15) is 22.3 Å². The van der Waals surface area contributed by atoms with Gasteiger partial charge in [0.25, 0.3) is 5.91 Å². The van der Waals surface area contributed by atoms with E-state index in [0.29, 0.717) is 45.0 Å². The Morgan fingerprint density at radius 3 is 2.41 bits per heavy atom. The van der Waals surface area contributed by atoms with Gasteiger partial charge in [0.05, 0.1) is 26.2 Å². The number of hydrogen-bond acceptors (Lipinski definition) is 7. The van der Waals surface area contributed by atoms with E-state index in [1.165, 1.54) is 23.5 Å². The van der Waals surface area contributed by atoms with Crippen molar-refractivity contribution < 1.29 is 23.5 Å². The molecule has 3 aromatic rings. The molecule has 0 aliphatic carbocycles. The fraction of sp³-hybridized carbons (Fsp3) is 0.393. The van der Waals surface area contributed by atoms with Crippen LogP contribution in [0.5, 0.6) is 5.75 Å². The zero-order valence-corrected chi connectivity index (χ0v) is 22.0. The van der Waals surface area contributed by atoms with Crippen LogP contribution in [0, 0.1) is 11.7 Å². The van der Waals surface area contributed by atoms with Crippen LogP contribution in [0.3, 0.4) is 0 Å². The van der Waals surface area contributed by atoms with Crippen molar-refractivity contribution in [3.63, 3.8) is 0 Å². The molecule has 0 spiro atoms. The Labute approximate surface area is 220 Å². The Morgan fingerprint density at radius 2 is 1.76 bits per heavy atom. The first-order valence-electron chi connectivity index (χ1n) is 12.4. The van der Waals surface area contributed by atoms with Crippen molar-refractivity contribution in [3.8, 4) is 5.75 Å². The smallest absolute Gasteiger partial charge is 0.310 e. The number of benzene rings is 2. The standard InChI is InChI=1S/C28H32FN3O4S/c1-3-36-28(34)22-5-4-14-32(17-22)27(33)25-19-37-26(30-25)18-31(15-20-6-10-23(29)11-7-20)16-21-8-12-24(35-2)13-9-21/h6-13,19,22H,3-5,14-18H2,1-2H3. The molecular weight excluding hydrogens is 493 g/mol. The Bertz CT molecular complexity index is 1180. The van der Waals surface area contributed by atoms with Crippen molar-refractivity contribution in [2.45, 2.75) is 39.4 Å². The zero-order chi connectivity index (χ0) is 26.2. The quantitative estimate of drug-likeness (QED) is 0.351. The molecule has 1 atom stereocenters. The summed E-state index contributed by atoms with van der Waals surface area (Å²) in [5.74, 6) is -0.159. The van der Waals surface area contributed by atoms with Gasteiger partial charge in [-0.25, -0.2) is 9.37 Å². The SMILES string of the molecule is CCOC(=O)C1CCCN(C(=O)c2csc(CN(Cc3ccc(F)cc3)Cc3ccc(OC)cc3)n2)C1. The Balaban J connectivity index is 1.45. The minimum absolute atomic E-state index is 0.156. The minimum Gasteiger partial charge on any atom is -0.497 e. The van der Waals surface area contributed by atoms with Crippen LogP contribution in [0.1, 0.15) is 46.4 Å². The van der Waals surface area contributed by atoms with E-state index >= 15 is 0 Å². The molecule has 0 radical (unpaired) electrons. The van der Waals surface area contributed by atoms with E-state index in [0.717, 1.165) is 34.7 Å². The number of methoxy groups -OCH3 is 1. The first kappa shape index (κ1) is 26.8. The number of rotatable bonds is 10. The second-order valence-corrected chi connectivity index (χ2v) is 10.0. The molecule has 9 heteroatoms. The molecule has 1 saturated heterocycles. The summed E-state index contributed by atoms with van der Waals surface area (Å²) in [4.78, 5) is 33.9. The second-order valence-electron chi connectivity index (χ2n) is 9.09. The molecule has 2 heterocycles. The van der Waals surface area contributed by atoms with Gasteiger partial charge in [-0.05, 0) is 55.2 Å². The van der Waals surface area contributed by atoms with Crippen molar-refractivity contribution in [1.82, 2.24) is 14.8 Å². The van der Waals surface area contributed by atoms with Crippen molar-refractivity contribution in [3.05, 3.63) is 81.6 Å². The van der Waals surface area contributed by atoms with E-state index in [9.17, 15) is 14.0 Å². The van der Waals surface area contributed by atoms with Gasteiger partial charge in [-0.2, -0.15) is 0 Å². The molecule has 196 valence electrons. The van der Waals surface area contributed by atoms with Crippen molar-refractivity contribution in [2.75, 3.05) is 26.8 Å². The van der Waals surface area contributed by atoms with E-state index < -0.39 is 0 Å². The number of aromatic nitrogens is 1. The summed E-state index contributed by atoms with van der Waals surface area (Å²) < 4.78 is 23.9. The van der Waals surface area contributed by atoms with E-state index in [1.54, 1.807) is 36.4 Å². The summed E-state index contributed by atoms with van der Waals surface area (Å²) >= 11 is 1.44. The molecule has 1 amide bonds. The Morgan fingerprint density at radius 1 is 1.08 bits per heavy atom. The number of halogens is 1. The number of thiazole rings is 1. The van der Waals surface area contributed by atoms with Gasteiger partial charge in [0.15, 0.2) is 0 Å². The van der Waals surface area contributed by atoms with E-state index in [-0.39, 0.29) is 23.6 Å². The highest BCUT2D eigenvalue weighted by molar-refractivity contribution is 7.09. The third kappa shape index (κ3) is 7.36. The number of ether oxygens (including phenoxy) is 2. The van der Waals surface area contributed by atoms with E-state index in [4.69, 9.17) is 9.47 Å². The third-order valence-electron chi connectivity index (χ3n) is 6.34. The van der Waals surface area contributed by atoms with Gasteiger partial charge < -0.3 is 14.4 Å². The van der Waals surface area contributed by atoms with Crippen LogP contribution >= 0.6 is 11.3 Å². The summed E-state index contributed by atoms with van der Waals surface area (Å²) in [6.07, 6.45) is 1.49. The van der Waals surface area contributed by atoms with Crippen LogP contribution in [0.15, 0.2) is 53.9 Å². The number of likely N-dealkylation sites (tertiary alicyclic amines) is 1. The van der Waals surface area contributed by atoms with Gasteiger partial charge in [0.2, 0.25) is 0 Å². The molecule has 0 saturated carbocycles. The number of carbonyl (C=O) groups excluding carboxylic acids is 2. The molecule has 1 fully saturated rings. The number of amides is 1. The lowest BCUT2D eigenvalue weighted by Gasteiger charge is -2.31. The van der Waals surface area contributed by atoms with E-state index in [1.807, 2.05) is 24.3 Å². The van der Waals surface area contributed by atoms with Crippen molar-refractivity contribution in [1.29, 1.82) is 0 Å². The van der Waals surface area contributed by atoms with E-state index in [2.05, 4.69) is 9.88 Å². The number of carbonyl (C=O) groups is 2. The first-order chi connectivity index (χ1) is 17.9. The molecule has 2 aromatic carbocycles. The van der Waals surface area contributed by atoms with Crippen molar-refractivity contribution >= 4 is 23.2 Å². The van der Waals surface area contributed by atoms with Gasteiger partial charge in [-0.15, -0.1) is 11.3 Å².